The van der Waals surface area contributed by atoms with Gasteiger partial charge in [-0.25, -0.2) is 4.39 Å². The maximum Gasteiger partial charge on any atom is 0.229 e. The second-order valence-corrected chi connectivity index (χ2v) is 8.68. The lowest BCUT2D eigenvalue weighted by molar-refractivity contribution is -0.120. The summed E-state index contributed by atoms with van der Waals surface area (Å²) in [6, 6.07) is 20.1. The van der Waals surface area contributed by atoms with Gasteiger partial charge in [0.05, 0.1) is 31.9 Å². The van der Waals surface area contributed by atoms with Crippen LogP contribution in [-0.2, 0) is 11.2 Å². The summed E-state index contributed by atoms with van der Waals surface area (Å²) in [5.41, 5.74) is 3.50. The number of piperazine rings is 1. The van der Waals surface area contributed by atoms with Crippen molar-refractivity contribution in [3.8, 4) is 11.5 Å². The molecule has 6 nitrogen and oxygen atoms in total. The zero-order valence-corrected chi connectivity index (χ0v) is 19.3. The Kier molecular flexibility index (Phi) is 6.01. The van der Waals surface area contributed by atoms with Crippen molar-refractivity contribution in [2.24, 2.45) is 5.92 Å². The van der Waals surface area contributed by atoms with E-state index in [-0.39, 0.29) is 23.7 Å². The number of ether oxygens (including phenoxy) is 2. The highest BCUT2D eigenvalue weighted by atomic mass is 19.1. The Morgan fingerprint density at radius 2 is 1.68 bits per heavy atom. The van der Waals surface area contributed by atoms with E-state index < -0.39 is 0 Å². The largest absolute Gasteiger partial charge is 0.497 e. The van der Waals surface area contributed by atoms with Crippen LogP contribution in [0.25, 0.3) is 0 Å². The topological polar surface area (TPSA) is 54.0 Å². The van der Waals surface area contributed by atoms with E-state index >= 15 is 0 Å². The fourth-order valence-electron chi connectivity index (χ4n) is 5.04. The Hall–Kier alpha value is -3.74. The molecule has 7 heteroatoms. The molecule has 2 aliphatic heterocycles. The minimum Gasteiger partial charge on any atom is -0.497 e. The average molecular weight is 462 g/mol. The fourth-order valence-corrected chi connectivity index (χ4v) is 5.04. The molecule has 0 saturated carbocycles. The number of carbonyl (C=O) groups is 1. The second-order valence-electron chi connectivity index (χ2n) is 8.68. The number of methoxy groups -OCH3 is 2. The van der Waals surface area contributed by atoms with Gasteiger partial charge in [0, 0.05) is 37.1 Å². The molecule has 1 amide bonds. The zero-order valence-electron chi connectivity index (χ0n) is 19.3. The van der Waals surface area contributed by atoms with Crippen molar-refractivity contribution in [3.05, 3.63) is 78.1 Å². The van der Waals surface area contributed by atoms with Crippen LogP contribution < -0.4 is 24.6 Å². The third-order valence-corrected chi connectivity index (χ3v) is 6.81. The molecule has 1 N–H and O–H groups in total. The maximum absolute atomic E-state index is 14.6. The van der Waals surface area contributed by atoms with E-state index in [2.05, 4.69) is 15.1 Å². The Morgan fingerprint density at radius 1 is 0.941 bits per heavy atom. The van der Waals surface area contributed by atoms with Crippen molar-refractivity contribution in [2.75, 3.05) is 49.0 Å². The first-order valence-corrected chi connectivity index (χ1v) is 11.5. The Labute approximate surface area is 198 Å². The van der Waals surface area contributed by atoms with Gasteiger partial charge in [-0.1, -0.05) is 18.2 Å². The number of hydrogen-bond acceptors (Lipinski definition) is 5. The van der Waals surface area contributed by atoms with Crippen LogP contribution in [0, 0.1) is 11.7 Å². The summed E-state index contributed by atoms with van der Waals surface area (Å²) in [5, 5.41) is 3.08. The molecule has 1 fully saturated rings. The maximum atomic E-state index is 14.6. The molecule has 3 aromatic rings. The summed E-state index contributed by atoms with van der Waals surface area (Å²) in [6.07, 6.45) is 0.605. The highest BCUT2D eigenvalue weighted by molar-refractivity contribution is 5.94. The van der Waals surface area contributed by atoms with Gasteiger partial charge in [-0.2, -0.15) is 0 Å². The van der Waals surface area contributed by atoms with Crippen LogP contribution in [-0.4, -0.2) is 45.8 Å². The number of fused-ring (bicyclic) bond motifs is 3. The van der Waals surface area contributed by atoms with Gasteiger partial charge in [-0.15, -0.1) is 0 Å². The smallest absolute Gasteiger partial charge is 0.229 e. The molecule has 5 rings (SSSR count). The molecule has 0 bridgehead atoms. The molecule has 1 saturated heterocycles. The van der Waals surface area contributed by atoms with Crippen LogP contribution in [0.5, 0.6) is 11.5 Å². The van der Waals surface area contributed by atoms with Crippen LogP contribution in [0.1, 0.15) is 5.56 Å². The van der Waals surface area contributed by atoms with Gasteiger partial charge in [0.15, 0.2) is 0 Å². The van der Waals surface area contributed by atoms with Crippen LogP contribution >= 0.6 is 0 Å². The van der Waals surface area contributed by atoms with Gasteiger partial charge in [0.25, 0.3) is 0 Å². The molecule has 0 aliphatic carbocycles. The number of hydrogen-bond donors (Lipinski definition) is 1. The number of para-hydroxylation sites is 1. The molecule has 0 spiro atoms. The molecule has 0 aromatic heterocycles. The van der Waals surface area contributed by atoms with E-state index in [0.717, 1.165) is 28.4 Å². The summed E-state index contributed by atoms with van der Waals surface area (Å²) in [4.78, 5) is 17.9. The summed E-state index contributed by atoms with van der Waals surface area (Å²) < 4.78 is 25.3. The summed E-state index contributed by atoms with van der Waals surface area (Å²) in [7, 11) is 3.27. The number of amides is 1. The summed E-state index contributed by atoms with van der Waals surface area (Å²) >= 11 is 0. The van der Waals surface area contributed by atoms with Crippen LogP contribution in [0.15, 0.2) is 66.7 Å². The first kappa shape index (κ1) is 22.1. The number of carbonyl (C=O) groups excluding carboxylic acids is 1. The molecule has 0 unspecified atom stereocenters. The fraction of sp³-hybridized carbons (Fsp3) is 0.296. The predicted molar refractivity (Wildman–Crippen MR) is 132 cm³/mol. The van der Waals surface area contributed by atoms with Gasteiger partial charge in [0.2, 0.25) is 5.91 Å². The van der Waals surface area contributed by atoms with E-state index in [0.29, 0.717) is 31.7 Å². The van der Waals surface area contributed by atoms with E-state index in [9.17, 15) is 9.18 Å². The Bertz CT molecular complexity index is 1180. The highest BCUT2D eigenvalue weighted by Gasteiger charge is 2.42. The van der Waals surface area contributed by atoms with Crippen LogP contribution in [0.2, 0.25) is 0 Å². The standard InChI is InChI=1S/C27H28FN3O3/c1-33-20-11-8-19(9-12-20)29-27(32)22-15-18-7-10-21(34-2)16-25(18)31-14-13-30(17-26(22)31)24-6-4-3-5-23(24)28/h3-12,16,22,26H,13-15,17H2,1-2H3,(H,29,32)/t22-,26+/m1/s1. The SMILES string of the molecule is COc1ccc(NC(=O)[C@@H]2Cc3ccc(OC)cc3N3CCN(c4ccccc4F)C[C@@H]23)cc1. The Morgan fingerprint density at radius 3 is 2.41 bits per heavy atom. The molecular formula is C27H28FN3O3. The summed E-state index contributed by atoms with van der Waals surface area (Å²) in [6.45, 7) is 1.91. The lowest BCUT2D eigenvalue weighted by Crippen LogP contribution is -2.60. The third kappa shape index (κ3) is 4.14. The van der Waals surface area contributed by atoms with E-state index in [1.807, 2.05) is 48.5 Å². The highest BCUT2D eigenvalue weighted by Crippen LogP contribution is 2.39. The van der Waals surface area contributed by atoms with Gasteiger partial charge in [0.1, 0.15) is 17.3 Å². The molecule has 34 heavy (non-hydrogen) atoms. The molecule has 2 heterocycles. The van der Waals surface area contributed by atoms with Gasteiger partial charge in [-0.05, 0) is 54.4 Å². The Balaban J connectivity index is 1.46. The zero-order chi connectivity index (χ0) is 23.7. The number of anilines is 3. The third-order valence-electron chi connectivity index (χ3n) is 6.81. The lowest BCUT2D eigenvalue weighted by Gasteiger charge is -2.49. The number of nitrogens with one attached hydrogen (secondary N) is 1. The molecular weight excluding hydrogens is 433 g/mol. The van der Waals surface area contributed by atoms with Gasteiger partial charge >= 0.3 is 0 Å². The van der Waals surface area contributed by atoms with E-state index in [4.69, 9.17) is 9.47 Å². The van der Waals surface area contributed by atoms with Crippen molar-refractivity contribution in [1.29, 1.82) is 0 Å². The predicted octanol–water partition coefficient (Wildman–Crippen LogP) is 4.35. The van der Waals surface area contributed by atoms with Crippen LogP contribution in [0.3, 0.4) is 0 Å². The van der Waals surface area contributed by atoms with Crippen LogP contribution in [0.4, 0.5) is 21.5 Å². The first-order chi connectivity index (χ1) is 16.6. The number of benzene rings is 3. The average Bonchev–Trinajstić information content (AvgIpc) is 2.88. The lowest BCUT2D eigenvalue weighted by atomic mass is 9.83. The van der Waals surface area contributed by atoms with E-state index in [1.54, 1.807) is 26.4 Å². The van der Waals surface area contributed by atoms with Crippen molar-refractivity contribution in [1.82, 2.24) is 0 Å². The van der Waals surface area contributed by atoms with Gasteiger partial charge in [-0.3, -0.25) is 4.79 Å². The van der Waals surface area contributed by atoms with Crippen molar-refractivity contribution >= 4 is 23.0 Å². The van der Waals surface area contributed by atoms with Crippen molar-refractivity contribution in [3.63, 3.8) is 0 Å². The number of halogens is 1. The molecule has 2 aliphatic rings. The molecule has 3 aromatic carbocycles. The van der Waals surface area contributed by atoms with E-state index in [1.165, 1.54) is 6.07 Å². The molecule has 176 valence electrons. The van der Waals surface area contributed by atoms with Crippen molar-refractivity contribution in [2.45, 2.75) is 12.5 Å². The second kappa shape index (κ2) is 9.25. The minimum atomic E-state index is -0.294. The van der Waals surface area contributed by atoms with Gasteiger partial charge < -0.3 is 24.6 Å². The molecule has 2 atom stereocenters. The number of nitrogens with zero attached hydrogens (tertiary/aromatic N) is 2. The quantitative estimate of drug-likeness (QED) is 0.612. The monoisotopic (exact) mass is 461 g/mol. The molecule has 0 radical (unpaired) electrons. The first-order valence-electron chi connectivity index (χ1n) is 11.5. The normalized spacial score (nSPS) is 19.1. The minimum absolute atomic E-state index is 0.0444. The van der Waals surface area contributed by atoms with Crippen molar-refractivity contribution < 1.29 is 18.7 Å². The summed E-state index contributed by atoms with van der Waals surface area (Å²) in [5.74, 6) is 0.940. The number of rotatable bonds is 5.